The van der Waals surface area contributed by atoms with E-state index >= 15 is 0 Å². The van der Waals surface area contributed by atoms with Crippen molar-refractivity contribution in [2.24, 2.45) is 11.8 Å². The molecule has 0 spiro atoms. The van der Waals surface area contributed by atoms with E-state index in [1.54, 1.807) is 0 Å². The van der Waals surface area contributed by atoms with Gasteiger partial charge in [0.05, 0.1) is 0 Å². The molecule has 116 valence electrons. The van der Waals surface area contributed by atoms with Gasteiger partial charge in [-0.25, -0.2) is 0 Å². The van der Waals surface area contributed by atoms with Crippen LogP contribution in [0.1, 0.15) is 31.7 Å². The molecule has 1 saturated heterocycles. The van der Waals surface area contributed by atoms with E-state index in [4.69, 9.17) is 0 Å². The van der Waals surface area contributed by atoms with E-state index in [1.165, 1.54) is 54.4 Å². The lowest BCUT2D eigenvalue weighted by Gasteiger charge is -2.46. The third-order valence-corrected chi connectivity index (χ3v) is 6.46. The summed E-state index contributed by atoms with van der Waals surface area (Å²) >= 11 is 1.89. The van der Waals surface area contributed by atoms with Gasteiger partial charge in [0.1, 0.15) is 0 Å². The molecule has 1 fully saturated rings. The molecule has 22 heavy (non-hydrogen) atoms. The van der Waals surface area contributed by atoms with Gasteiger partial charge < -0.3 is 0 Å². The first-order valence-corrected chi connectivity index (χ1v) is 9.60. The molecule has 5 rings (SSSR count). The van der Waals surface area contributed by atoms with Gasteiger partial charge in [0.2, 0.25) is 0 Å². The molecule has 2 aromatic rings. The molecule has 2 heteroatoms. The smallest absolute Gasteiger partial charge is 0.0345 e. The summed E-state index contributed by atoms with van der Waals surface area (Å²) in [5.41, 5.74) is 1.54. The van der Waals surface area contributed by atoms with Crippen LogP contribution in [0.3, 0.4) is 0 Å². The van der Waals surface area contributed by atoms with Crippen LogP contribution in [0.15, 0.2) is 41.8 Å². The predicted molar refractivity (Wildman–Crippen MR) is 96.5 cm³/mol. The molecule has 3 atom stereocenters. The molecule has 1 nitrogen and oxygen atoms in total. The van der Waals surface area contributed by atoms with Crippen LogP contribution in [0.25, 0.3) is 10.1 Å². The highest BCUT2D eigenvalue weighted by atomic mass is 32.1. The van der Waals surface area contributed by atoms with Crippen molar-refractivity contribution in [2.75, 3.05) is 13.1 Å². The lowest BCUT2D eigenvalue weighted by atomic mass is 9.75. The average molecular weight is 311 g/mol. The van der Waals surface area contributed by atoms with Gasteiger partial charge in [0, 0.05) is 23.8 Å². The number of rotatable bonds is 5. The molecule has 0 radical (unpaired) electrons. The van der Waals surface area contributed by atoms with E-state index in [0.29, 0.717) is 6.04 Å². The van der Waals surface area contributed by atoms with Crippen molar-refractivity contribution in [2.45, 2.75) is 38.6 Å². The van der Waals surface area contributed by atoms with Crippen molar-refractivity contribution < 1.29 is 0 Å². The molecule has 0 N–H and O–H groups in total. The lowest BCUT2D eigenvalue weighted by molar-refractivity contribution is 0.0798. The Morgan fingerprint density at radius 2 is 2.14 bits per heavy atom. The highest BCUT2D eigenvalue weighted by Gasteiger charge is 2.36. The number of fused-ring (bicyclic) bond motifs is 3. The van der Waals surface area contributed by atoms with Crippen LogP contribution in [0.2, 0.25) is 0 Å². The van der Waals surface area contributed by atoms with Gasteiger partial charge >= 0.3 is 0 Å². The highest BCUT2D eigenvalue weighted by Crippen LogP contribution is 2.37. The summed E-state index contributed by atoms with van der Waals surface area (Å²) in [7, 11) is 0. The van der Waals surface area contributed by atoms with Gasteiger partial charge in [-0.15, -0.1) is 11.3 Å². The number of hydrogen-bond acceptors (Lipinski definition) is 2. The summed E-state index contributed by atoms with van der Waals surface area (Å²) in [5, 5.41) is 3.84. The summed E-state index contributed by atoms with van der Waals surface area (Å²) in [4.78, 5) is 2.75. The van der Waals surface area contributed by atoms with Crippen molar-refractivity contribution >= 4 is 21.4 Å². The number of thiophene rings is 1. The normalized spacial score (nSPS) is 27.8. The van der Waals surface area contributed by atoms with E-state index in [0.717, 1.165) is 11.8 Å². The minimum atomic E-state index is 0.704. The second-order valence-corrected chi connectivity index (χ2v) is 7.83. The molecule has 2 bridgehead atoms. The van der Waals surface area contributed by atoms with Crippen molar-refractivity contribution in [1.29, 1.82) is 0 Å². The second kappa shape index (κ2) is 6.17. The van der Waals surface area contributed by atoms with E-state index in [1.807, 2.05) is 11.3 Å². The molecule has 0 saturated carbocycles. The minimum Gasteiger partial charge on any atom is -0.296 e. The fourth-order valence-corrected chi connectivity index (χ4v) is 5.40. The second-order valence-electron chi connectivity index (χ2n) is 6.92. The van der Waals surface area contributed by atoms with Gasteiger partial charge in [0.25, 0.3) is 0 Å². The van der Waals surface area contributed by atoms with Crippen LogP contribution < -0.4 is 0 Å². The summed E-state index contributed by atoms with van der Waals surface area (Å²) in [5.74, 6) is 1.70. The Bertz CT molecular complexity index is 671. The molecule has 1 aromatic heterocycles. The molecular formula is C20H25NS. The summed E-state index contributed by atoms with van der Waals surface area (Å²) in [6, 6.07) is 9.54. The van der Waals surface area contributed by atoms with Gasteiger partial charge in [0.15, 0.2) is 0 Å². The highest BCUT2D eigenvalue weighted by molar-refractivity contribution is 7.17. The first kappa shape index (κ1) is 14.5. The number of nitrogens with zero attached hydrogens (tertiary/aromatic N) is 1. The molecule has 3 unspecified atom stereocenters. The maximum Gasteiger partial charge on any atom is 0.0345 e. The SMILES string of the molecule is CCCC1CC2C=CC1N(CCc1csc3ccccc13)C2. The Hall–Kier alpha value is -1.12. The van der Waals surface area contributed by atoms with Gasteiger partial charge in [-0.2, -0.15) is 0 Å². The molecule has 0 amide bonds. The zero-order chi connectivity index (χ0) is 14.9. The van der Waals surface area contributed by atoms with E-state index in [2.05, 4.69) is 53.6 Å². The fourth-order valence-electron chi connectivity index (χ4n) is 4.40. The third kappa shape index (κ3) is 2.63. The maximum absolute atomic E-state index is 2.75. The fraction of sp³-hybridized carbons (Fsp3) is 0.500. The first-order valence-electron chi connectivity index (χ1n) is 8.72. The first-order chi connectivity index (χ1) is 10.8. The largest absolute Gasteiger partial charge is 0.296 e. The van der Waals surface area contributed by atoms with Gasteiger partial charge in [-0.1, -0.05) is 43.7 Å². The van der Waals surface area contributed by atoms with Gasteiger partial charge in [-0.3, -0.25) is 4.90 Å². The monoisotopic (exact) mass is 311 g/mol. The molecular weight excluding hydrogens is 286 g/mol. The van der Waals surface area contributed by atoms with Crippen molar-refractivity contribution in [3.05, 3.63) is 47.4 Å². The lowest BCUT2D eigenvalue weighted by Crippen LogP contribution is -2.50. The molecule has 2 aliphatic heterocycles. The molecule has 1 aliphatic carbocycles. The van der Waals surface area contributed by atoms with Gasteiger partial charge in [-0.05, 0) is 53.5 Å². The predicted octanol–water partition coefficient (Wildman–Crippen LogP) is 5.12. The Balaban J connectivity index is 1.46. The van der Waals surface area contributed by atoms with Crippen LogP contribution in [0.4, 0.5) is 0 Å². The zero-order valence-electron chi connectivity index (χ0n) is 13.4. The van der Waals surface area contributed by atoms with Crippen molar-refractivity contribution in [1.82, 2.24) is 4.90 Å². The number of hydrogen-bond donors (Lipinski definition) is 0. The van der Waals surface area contributed by atoms with Crippen LogP contribution in [0.5, 0.6) is 0 Å². The van der Waals surface area contributed by atoms with Crippen LogP contribution in [0, 0.1) is 11.8 Å². The number of benzene rings is 1. The van der Waals surface area contributed by atoms with Crippen LogP contribution in [-0.4, -0.2) is 24.0 Å². The topological polar surface area (TPSA) is 3.24 Å². The quantitative estimate of drug-likeness (QED) is 0.693. The Morgan fingerprint density at radius 3 is 3.00 bits per heavy atom. The molecule has 3 heterocycles. The van der Waals surface area contributed by atoms with E-state index in [9.17, 15) is 0 Å². The Labute approximate surface area is 137 Å². The van der Waals surface area contributed by atoms with Crippen LogP contribution in [-0.2, 0) is 6.42 Å². The maximum atomic E-state index is 2.75. The zero-order valence-corrected chi connectivity index (χ0v) is 14.2. The minimum absolute atomic E-state index is 0.704. The Kier molecular flexibility index (Phi) is 4.06. The van der Waals surface area contributed by atoms with Crippen molar-refractivity contribution in [3.63, 3.8) is 0 Å². The van der Waals surface area contributed by atoms with E-state index in [-0.39, 0.29) is 0 Å². The summed E-state index contributed by atoms with van der Waals surface area (Å²) in [6.45, 7) is 4.82. The molecule has 3 aliphatic rings. The van der Waals surface area contributed by atoms with Crippen molar-refractivity contribution in [3.8, 4) is 0 Å². The molecule has 1 aromatic carbocycles. The standard InChI is InChI=1S/C20H25NS/c1-2-5-16-12-15-8-9-19(16)21(13-15)11-10-17-14-22-20-7-4-3-6-18(17)20/h3-4,6-9,14-16,19H,2,5,10-13H2,1H3. The van der Waals surface area contributed by atoms with Crippen LogP contribution >= 0.6 is 11.3 Å². The third-order valence-electron chi connectivity index (χ3n) is 5.45. The van der Waals surface area contributed by atoms with E-state index < -0.39 is 0 Å². The Morgan fingerprint density at radius 1 is 1.23 bits per heavy atom. The summed E-state index contributed by atoms with van der Waals surface area (Å²) < 4.78 is 1.43. The average Bonchev–Trinajstić information content (AvgIpc) is 2.97. The summed E-state index contributed by atoms with van der Waals surface area (Å²) in [6.07, 6.45) is 10.3. The number of piperidine rings is 1.